The summed E-state index contributed by atoms with van der Waals surface area (Å²) < 4.78 is 12.2. The summed E-state index contributed by atoms with van der Waals surface area (Å²) >= 11 is 0. The van der Waals surface area contributed by atoms with Gasteiger partial charge in [0.15, 0.2) is 0 Å². The summed E-state index contributed by atoms with van der Waals surface area (Å²) in [5, 5.41) is 10.5. The summed E-state index contributed by atoms with van der Waals surface area (Å²) in [6.07, 6.45) is 9.30. The van der Waals surface area contributed by atoms with Crippen molar-refractivity contribution in [1.82, 2.24) is 9.80 Å². The molecule has 2 fully saturated rings. The first-order valence-corrected chi connectivity index (χ1v) is 12.9. The van der Waals surface area contributed by atoms with Crippen molar-refractivity contribution in [2.75, 3.05) is 19.8 Å². The van der Waals surface area contributed by atoms with Gasteiger partial charge in [-0.2, -0.15) is 0 Å². The van der Waals surface area contributed by atoms with Crippen LogP contribution in [0.15, 0.2) is 54.6 Å². The average molecular weight is 495 g/mol. The minimum Gasteiger partial charge on any atom is -0.465 e. The van der Waals surface area contributed by atoms with Crippen LogP contribution >= 0.6 is 0 Å². The van der Waals surface area contributed by atoms with E-state index in [0.717, 1.165) is 19.3 Å². The number of carbonyl (C=O) groups is 3. The number of benzene rings is 1. The second-order valence-electron chi connectivity index (χ2n) is 10.3. The van der Waals surface area contributed by atoms with Gasteiger partial charge < -0.3 is 24.4 Å². The highest BCUT2D eigenvalue weighted by Gasteiger charge is 2.72. The number of allylic oxidation sites excluding steroid dienone is 1. The summed E-state index contributed by atoms with van der Waals surface area (Å²) in [5.74, 6) is -2.91. The highest BCUT2D eigenvalue weighted by Crippen LogP contribution is 2.54. The zero-order valence-electron chi connectivity index (χ0n) is 20.8. The summed E-state index contributed by atoms with van der Waals surface area (Å²) in [6, 6.07) is 7.30. The molecule has 0 saturated carbocycles. The minimum atomic E-state index is -1.34. The topological polar surface area (TPSA) is 96.4 Å². The molecular formula is C28H34N2O6. The maximum Gasteiger partial charge on any atom is 0.312 e. The molecule has 6 atom stereocenters. The van der Waals surface area contributed by atoms with E-state index in [1.165, 1.54) is 4.90 Å². The van der Waals surface area contributed by atoms with Crippen LogP contribution in [0.3, 0.4) is 0 Å². The van der Waals surface area contributed by atoms with Crippen LogP contribution in [0.25, 0.3) is 0 Å². The Balaban J connectivity index is 1.67. The van der Waals surface area contributed by atoms with Gasteiger partial charge in [-0.3, -0.25) is 14.4 Å². The fourth-order valence-electron chi connectivity index (χ4n) is 6.20. The number of hydrogen-bond acceptors (Lipinski definition) is 6. The van der Waals surface area contributed by atoms with Crippen molar-refractivity contribution in [2.24, 2.45) is 11.8 Å². The fourth-order valence-corrected chi connectivity index (χ4v) is 6.20. The van der Waals surface area contributed by atoms with Crippen LogP contribution < -0.4 is 0 Å². The number of carbonyl (C=O) groups excluding carboxylic acids is 3. The van der Waals surface area contributed by atoms with E-state index in [1.54, 1.807) is 4.90 Å². The third kappa shape index (κ3) is 3.87. The lowest BCUT2D eigenvalue weighted by atomic mass is 9.78. The Morgan fingerprint density at radius 2 is 1.86 bits per heavy atom. The Morgan fingerprint density at radius 1 is 1.08 bits per heavy atom. The molecule has 0 radical (unpaired) electrons. The number of amides is 2. The lowest BCUT2D eigenvalue weighted by Crippen LogP contribution is -2.57. The van der Waals surface area contributed by atoms with Gasteiger partial charge in [0.1, 0.15) is 17.6 Å². The van der Waals surface area contributed by atoms with Crippen LogP contribution in [0.2, 0.25) is 0 Å². The highest BCUT2D eigenvalue weighted by molar-refractivity contribution is 5.99. The van der Waals surface area contributed by atoms with Crippen molar-refractivity contribution in [3.05, 3.63) is 60.2 Å². The lowest BCUT2D eigenvalue weighted by Gasteiger charge is -2.39. The maximum atomic E-state index is 14.3. The van der Waals surface area contributed by atoms with Crippen molar-refractivity contribution in [2.45, 2.75) is 62.9 Å². The molecule has 2 amide bonds. The quantitative estimate of drug-likeness (QED) is 0.510. The largest absolute Gasteiger partial charge is 0.465 e. The molecule has 2 saturated heterocycles. The summed E-state index contributed by atoms with van der Waals surface area (Å²) in [4.78, 5) is 45.0. The number of nitrogens with zero attached hydrogens (tertiary/aromatic N) is 2. The summed E-state index contributed by atoms with van der Waals surface area (Å²) in [7, 11) is 0. The van der Waals surface area contributed by atoms with Gasteiger partial charge in [-0.25, -0.2) is 0 Å². The first-order valence-electron chi connectivity index (χ1n) is 12.9. The Labute approximate surface area is 211 Å². The van der Waals surface area contributed by atoms with Crippen LogP contribution in [0.1, 0.15) is 44.7 Å². The van der Waals surface area contributed by atoms with Gasteiger partial charge in [-0.15, -0.1) is 0 Å². The number of fused-ring (bicyclic) bond motifs is 2. The van der Waals surface area contributed by atoms with Gasteiger partial charge >= 0.3 is 5.97 Å². The predicted octanol–water partition coefficient (Wildman–Crippen LogP) is 2.39. The van der Waals surface area contributed by atoms with Gasteiger partial charge in [0, 0.05) is 12.6 Å². The zero-order valence-corrected chi connectivity index (χ0v) is 20.8. The van der Waals surface area contributed by atoms with Gasteiger partial charge in [-0.05, 0) is 38.7 Å². The predicted molar refractivity (Wildman–Crippen MR) is 131 cm³/mol. The second-order valence-corrected chi connectivity index (χ2v) is 10.3. The normalized spacial score (nSPS) is 34.1. The van der Waals surface area contributed by atoms with Gasteiger partial charge in [0.2, 0.25) is 11.8 Å². The molecule has 4 aliphatic heterocycles. The standard InChI is InChI=1S/C28H34N2O6/c1-18(2)29-15-10-14-28-23(22-21(36-28)13-8-3-4-9-16-35-27(22)34)25(32)30(24(28)26(29)33)20(17-31)19-11-6-5-7-12-19/h5-8,10-14,18,20-24,31H,3-4,9,15-17H2,1-2H3/b13-8-/t20-,21-,22+,23+,24?,28+/m1/s1. The molecular weight excluding hydrogens is 460 g/mol. The minimum absolute atomic E-state index is 0.107. The fraction of sp³-hybridized carbons (Fsp3) is 0.536. The number of cyclic esters (lactones) is 1. The van der Waals surface area contributed by atoms with E-state index in [1.807, 2.05) is 68.5 Å². The molecule has 36 heavy (non-hydrogen) atoms. The Morgan fingerprint density at radius 3 is 2.58 bits per heavy atom. The Hall–Kier alpha value is -2.97. The third-order valence-electron chi connectivity index (χ3n) is 7.89. The number of aliphatic hydroxyl groups excluding tert-OH is 1. The number of aliphatic hydroxyl groups is 1. The van der Waals surface area contributed by atoms with Crippen molar-refractivity contribution < 1.29 is 29.0 Å². The Kier molecular flexibility index (Phi) is 6.74. The average Bonchev–Trinajstić information content (AvgIpc) is 3.25. The first kappa shape index (κ1) is 24.7. The van der Waals surface area contributed by atoms with E-state index in [2.05, 4.69) is 0 Å². The third-order valence-corrected chi connectivity index (χ3v) is 7.89. The molecule has 8 nitrogen and oxygen atoms in total. The molecule has 0 bridgehead atoms. The molecule has 5 rings (SSSR count). The van der Waals surface area contributed by atoms with Crippen LogP contribution in [0, 0.1) is 11.8 Å². The zero-order chi connectivity index (χ0) is 25.4. The molecule has 1 spiro atoms. The number of hydrogen-bond donors (Lipinski definition) is 1. The monoisotopic (exact) mass is 494 g/mol. The highest BCUT2D eigenvalue weighted by atomic mass is 16.6. The van der Waals surface area contributed by atoms with Crippen LogP contribution in [0.5, 0.6) is 0 Å². The number of esters is 1. The number of likely N-dealkylation sites (tertiary alicyclic amines) is 1. The summed E-state index contributed by atoms with van der Waals surface area (Å²) in [6.45, 7) is 4.15. The molecule has 0 aliphatic carbocycles. The summed E-state index contributed by atoms with van der Waals surface area (Å²) in [5.41, 5.74) is -0.627. The SMILES string of the molecule is CC(C)N1CC=C[C@]23O[C@@H]4/C=C\CCCCOC(=O)[C@@H]4[C@H]2C(=O)N([C@H](CO)c2ccccc2)C3C1=O. The maximum absolute atomic E-state index is 14.3. The molecule has 4 heterocycles. The van der Waals surface area contributed by atoms with Crippen molar-refractivity contribution >= 4 is 17.8 Å². The molecule has 1 aromatic rings. The van der Waals surface area contributed by atoms with Gasteiger partial charge in [-0.1, -0.05) is 54.6 Å². The smallest absolute Gasteiger partial charge is 0.312 e. The molecule has 1 unspecified atom stereocenters. The molecule has 1 N–H and O–H groups in total. The van der Waals surface area contributed by atoms with Crippen LogP contribution in [-0.4, -0.2) is 76.2 Å². The molecule has 192 valence electrons. The van der Waals surface area contributed by atoms with Crippen molar-refractivity contribution in [3.63, 3.8) is 0 Å². The number of ether oxygens (including phenoxy) is 2. The van der Waals surface area contributed by atoms with Crippen molar-refractivity contribution in [1.29, 1.82) is 0 Å². The molecule has 1 aromatic carbocycles. The van der Waals surface area contributed by atoms with Crippen LogP contribution in [-0.2, 0) is 23.9 Å². The molecule has 0 aromatic heterocycles. The first-order chi connectivity index (χ1) is 17.4. The van der Waals surface area contributed by atoms with E-state index in [0.29, 0.717) is 12.1 Å². The van der Waals surface area contributed by atoms with Gasteiger partial charge in [0.25, 0.3) is 0 Å². The van der Waals surface area contributed by atoms with E-state index < -0.39 is 41.6 Å². The van der Waals surface area contributed by atoms with E-state index >= 15 is 0 Å². The molecule has 4 aliphatic rings. The second kappa shape index (κ2) is 9.82. The Bertz CT molecular complexity index is 1070. The van der Waals surface area contributed by atoms with E-state index in [4.69, 9.17) is 9.47 Å². The van der Waals surface area contributed by atoms with E-state index in [-0.39, 0.29) is 31.1 Å². The lowest BCUT2D eigenvalue weighted by molar-refractivity contribution is -0.156. The van der Waals surface area contributed by atoms with Crippen LogP contribution in [0.4, 0.5) is 0 Å². The van der Waals surface area contributed by atoms with Crippen molar-refractivity contribution in [3.8, 4) is 0 Å². The molecule has 8 heteroatoms. The van der Waals surface area contributed by atoms with Gasteiger partial charge in [0.05, 0.1) is 31.3 Å². The number of rotatable bonds is 4. The van der Waals surface area contributed by atoms with E-state index in [9.17, 15) is 19.5 Å².